The van der Waals surface area contributed by atoms with Crippen LogP contribution in [0, 0.1) is 11.6 Å². The van der Waals surface area contributed by atoms with Crippen molar-refractivity contribution in [3.05, 3.63) is 35.4 Å². The fourth-order valence-corrected chi connectivity index (χ4v) is 1.46. The van der Waals surface area contributed by atoms with Crippen molar-refractivity contribution in [3.63, 3.8) is 0 Å². The van der Waals surface area contributed by atoms with Crippen LogP contribution >= 0.6 is 0 Å². The van der Waals surface area contributed by atoms with E-state index < -0.39 is 11.6 Å². The molecule has 0 aliphatic rings. The van der Waals surface area contributed by atoms with Gasteiger partial charge >= 0.3 is 0 Å². The zero-order valence-corrected chi connectivity index (χ0v) is 9.52. The van der Waals surface area contributed by atoms with Crippen LogP contribution in [0.3, 0.4) is 0 Å². The van der Waals surface area contributed by atoms with E-state index in [9.17, 15) is 8.78 Å². The molecule has 1 aromatic carbocycles. The Bertz CT molecular complexity index is 296. The van der Waals surface area contributed by atoms with Crippen LogP contribution in [0.2, 0.25) is 0 Å². The Morgan fingerprint density at radius 3 is 2.25 bits per heavy atom. The molecule has 0 saturated heterocycles. The van der Waals surface area contributed by atoms with Crippen molar-refractivity contribution in [2.75, 3.05) is 26.2 Å². The van der Waals surface area contributed by atoms with Gasteiger partial charge in [-0.25, -0.2) is 8.78 Å². The molecule has 0 saturated carbocycles. The van der Waals surface area contributed by atoms with Crippen molar-refractivity contribution < 1.29 is 8.78 Å². The minimum absolute atomic E-state index is 0.165. The second-order valence-electron chi connectivity index (χ2n) is 3.55. The molecule has 0 aliphatic carbocycles. The first kappa shape index (κ1) is 13.1. The first-order chi connectivity index (χ1) is 7.75. The zero-order chi connectivity index (χ0) is 11.8. The lowest BCUT2D eigenvalue weighted by atomic mass is 10.1. The summed E-state index contributed by atoms with van der Waals surface area (Å²) in [6.07, 6.45) is 0.380. The quantitative estimate of drug-likeness (QED) is 0.694. The topological polar surface area (TPSA) is 24.1 Å². The van der Waals surface area contributed by atoms with Crippen LogP contribution in [0.4, 0.5) is 8.78 Å². The van der Waals surface area contributed by atoms with Crippen LogP contribution in [0.15, 0.2) is 18.2 Å². The van der Waals surface area contributed by atoms with Gasteiger partial charge in [-0.1, -0.05) is 13.0 Å². The minimum Gasteiger partial charge on any atom is -0.316 e. The van der Waals surface area contributed by atoms with E-state index in [4.69, 9.17) is 0 Å². The second-order valence-corrected chi connectivity index (χ2v) is 3.55. The highest BCUT2D eigenvalue weighted by Crippen LogP contribution is 2.11. The summed E-state index contributed by atoms with van der Waals surface area (Å²) >= 11 is 0. The third kappa shape index (κ3) is 4.24. The highest BCUT2D eigenvalue weighted by molar-refractivity contribution is 5.19. The standard InChI is InChI=1S/C12H18F2N2/c1-2-15-8-9-16-7-6-10-11(13)4-3-5-12(10)14/h3-5,15-16H,2,6-9H2,1H3. The van der Waals surface area contributed by atoms with E-state index in [0.717, 1.165) is 19.6 Å². The van der Waals surface area contributed by atoms with Gasteiger partial charge in [0.2, 0.25) is 0 Å². The molecule has 0 bridgehead atoms. The summed E-state index contributed by atoms with van der Waals surface area (Å²) in [7, 11) is 0. The van der Waals surface area contributed by atoms with Crippen molar-refractivity contribution in [2.24, 2.45) is 0 Å². The molecule has 0 aromatic heterocycles. The largest absolute Gasteiger partial charge is 0.316 e. The average molecular weight is 228 g/mol. The number of nitrogens with one attached hydrogen (secondary N) is 2. The first-order valence-electron chi connectivity index (χ1n) is 5.60. The van der Waals surface area contributed by atoms with Gasteiger partial charge in [-0.2, -0.15) is 0 Å². The van der Waals surface area contributed by atoms with E-state index in [1.54, 1.807) is 0 Å². The van der Waals surface area contributed by atoms with Crippen LogP contribution in [0.1, 0.15) is 12.5 Å². The van der Waals surface area contributed by atoms with E-state index in [1.165, 1.54) is 18.2 Å². The summed E-state index contributed by atoms with van der Waals surface area (Å²) in [5, 5.41) is 6.29. The molecular formula is C12H18F2N2. The van der Waals surface area contributed by atoms with Gasteiger partial charge in [0.15, 0.2) is 0 Å². The van der Waals surface area contributed by atoms with Crippen LogP contribution in [-0.2, 0) is 6.42 Å². The van der Waals surface area contributed by atoms with Gasteiger partial charge in [0.1, 0.15) is 11.6 Å². The Labute approximate surface area is 95.1 Å². The average Bonchev–Trinajstić information content (AvgIpc) is 2.26. The summed E-state index contributed by atoms with van der Waals surface area (Å²) in [6, 6.07) is 3.96. The molecule has 4 heteroatoms. The van der Waals surface area contributed by atoms with Gasteiger partial charge < -0.3 is 10.6 Å². The van der Waals surface area contributed by atoms with Crippen molar-refractivity contribution in [1.82, 2.24) is 10.6 Å². The number of likely N-dealkylation sites (N-methyl/N-ethyl adjacent to an activating group) is 1. The van der Waals surface area contributed by atoms with Crippen molar-refractivity contribution in [1.29, 1.82) is 0 Å². The first-order valence-corrected chi connectivity index (χ1v) is 5.60. The van der Waals surface area contributed by atoms with Gasteiger partial charge in [0, 0.05) is 18.7 Å². The normalized spacial score (nSPS) is 10.7. The minimum atomic E-state index is -0.464. The molecule has 0 amide bonds. The molecule has 2 N–H and O–H groups in total. The number of hydrogen-bond acceptors (Lipinski definition) is 2. The van der Waals surface area contributed by atoms with Gasteiger partial charge in [-0.3, -0.25) is 0 Å². The Balaban J connectivity index is 2.26. The number of hydrogen-bond donors (Lipinski definition) is 2. The molecule has 0 unspecified atom stereocenters. The van der Waals surface area contributed by atoms with Crippen molar-refractivity contribution in [2.45, 2.75) is 13.3 Å². The fourth-order valence-electron chi connectivity index (χ4n) is 1.46. The predicted octanol–water partition coefficient (Wildman–Crippen LogP) is 1.71. The number of rotatable bonds is 7. The maximum atomic E-state index is 13.2. The molecule has 1 aromatic rings. The lowest BCUT2D eigenvalue weighted by molar-refractivity contribution is 0.544. The molecule has 0 spiro atoms. The second kappa shape index (κ2) is 7.30. The summed E-state index contributed by atoms with van der Waals surface area (Å²) in [5.74, 6) is -0.929. The highest BCUT2D eigenvalue weighted by atomic mass is 19.1. The van der Waals surface area contributed by atoms with E-state index >= 15 is 0 Å². The zero-order valence-electron chi connectivity index (χ0n) is 9.52. The molecule has 0 aliphatic heterocycles. The molecule has 2 nitrogen and oxygen atoms in total. The Kier molecular flexibility index (Phi) is 5.96. The summed E-state index contributed by atoms with van der Waals surface area (Å²) in [5.41, 5.74) is 0.165. The van der Waals surface area contributed by atoms with E-state index in [2.05, 4.69) is 10.6 Å². The molecule has 16 heavy (non-hydrogen) atoms. The fraction of sp³-hybridized carbons (Fsp3) is 0.500. The SMILES string of the molecule is CCNCCNCCc1c(F)cccc1F. The Hall–Kier alpha value is -1.00. The van der Waals surface area contributed by atoms with E-state index in [1.807, 2.05) is 6.92 Å². The van der Waals surface area contributed by atoms with Crippen LogP contribution in [-0.4, -0.2) is 26.2 Å². The maximum absolute atomic E-state index is 13.2. The molecule has 0 heterocycles. The monoisotopic (exact) mass is 228 g/mol. The van der Waals surface area contributed by atoms with Gasteiger partial charge in [-0.05, 0) is 31.6 Å². The number of halogens is 2. The molecule has 90 valence electrons. The summed E-state index contributed by atoms with van der Waals surface area (Å²) in [6.45, 7) is 5.24. The third-order valence-electron chi connectivity index (χ3n) is 2.34. The molecule has 1 rings (SSSR count). The van der Waals surface area contributed by atoms with Crippen molar-refractivity contribution in [3.8, 4) is 0 Å². The lowest BCUT2D eigenvalue weighted by Gasteiger charge is -2.06. The van der Waals surface area contributed by atoms with Crippen molar-refractivity contribution >= 4 is 0 Å². The predicted molar refractivity (Wildman–Crippen MR) is 61.5 cm³/mol. The van der Waals surface area contributed by atoms with Gasteiger partial charge in [0.25, 0.3) is 0 Å². The summed E-state index contributed by atoms with van der Waals surface area (Å²) < 4.78 is 26.4. The summed E-state index contributed by atoms with van der Waals surface area (Å²) in [4.78, 5) is 0. The van der Waals surface area contributed by atoms with E-state index in [0.29, 0.717) is 13.0 Å². The maximum Gasteiger partial charge on any atom is 0.129 e. The van der Waals surface area contributed by atoms with Gasteiger partial charge in [-0.15, -0.1) is 0 Å². The molecule has 0 fully saturated rings. The number of benzene rings is 1. The molecule has 0 radical (unpaired) electrons. The van der Waals surface area contributed by atoms with Crippen LogP contribution < -0.4 is 10.6 Å². The Morgan fingerprint density at radius 2 is 1.62 bits per heavy atom. The molecular weight excluding hydrogens is 210 g/mol. The molecule has 0 atom stereocenters. The van der Waals surface area contributed by atoms with Crippen LogP contribution in [0.5, 0.6) is 0 Å². The van der Waals surface area contributed by atoms with Gasteiger partial charge in [0.05, 0.1) is 0 Å². The third-order valence-corrected chi connectivity index (χ3v) is 2.34. The highest BCUT2D eigenvalue weighted by Gasteiger charge is 2.06. The smallest absolute Gasteiger partial charge is 0.129 e. The lowest BCUT2D eigenvalue weighted by Crippen LogP contribution is -2.28. The Morgan fingerprint density at radius 1 is 1.00 bits per heavy atom. The van der Waals surface area contributed by atoms with E-state index in [-0.39, 0.29) is 5.56 Å². The van der Waals surface area contributed by atoms with Crippen LogP contribution in [0.25, 0.3) is 0 Å².